The summed E-state index contributed by atoms with van der Waals surface area (Å²) in [5.74, 6) is -0.221. The molecule has 0 spiro atoms. The second kappa shape index (κ2) is 6.75. The largest absolute Gasteiger partial charge is 0.469 e. The number of methoxy groups -OCH3 is 1. The first-order chi connectivity index (χ1) is 9.70. The number of para-hydroxylation sites is 1. The van der Waals surface area contributed by atoms with E-state index in [9.17, 15) is 4.79 Å². The highest BCUT2D eigenvalue weighted by atomic mass is 16.5. The van der Waals surface area contributed by atoms with Crippen LogP contribution in [0.3, 0.4) is 0 Å². The molecule has 104 valence electrons. The number of ether oxygens (including phenoxy) is 1. The van der Waals surface area contributed by atoms with Gasteiger partial charge in [0.1, 0.15) is 0 Å². The summed E-state index contributed by atoms with van der Waals surface area (Å²) in [5, 5.41) is 3.40. The fourth-order valence-electron chi connectivity index (χ4n) is 2.20. The number of benzene rings is 2. The minimum absolute atomic E-state index is 0.0916. The van der Waals surface area contributed by atoms with Crippen LogP contribution < -0.4 is 5.32 Å². The Morgan fingerprint density at radius 1 is 1.10 bits per heavy atom. The van der Waals surface area contributed by atoms with Crippen molar-refractivity contribution < 1.29 is 9.53 Å². The Hall–Kier alpha value is -2.29. The highest BCUT2D eigenvalue weighted by molar-refractivity contribution is 5.71. The minimum atomic E-state index is -0.221. The number of nitrogens with one attached hydrogen (secondary N) is 1. The molecule has 0 aliphatic rings. The van der Waals surface area contributed by atoms with Crippen LogP contribution in [0.5, 0.6) is 0 Å². The zero-order valence-corrected chi connectivity index (χ0v) is 11.8. The van der Waals surface area contributed by atoms with Crippen molar-refractivity contribution in [3.63, 3.8) is 0 Å². The Kier molecular flexibility index (Phi) is 4.77. The van der Waals surface area contributed by atoms with E-state index < -0.39 is 0 Å². The van der Waals surface area contributed by atoms with Crippen molar-refractivity contribution in [1.29, 1.82) is 0 Å². The maximum Gasteiger partial charge on any atom is 0.307 e. The number of hydrogen-bond donors (Lipinski definition) is 1. The molecule has 0 fully saturated rings. The van der Waals surface area contributed by atoms with E-state index in [0.717, 1.165) is 16.8 Å². The van der Waals surface area contributed by atoms with Gasteiger partial charge >= 0.3 is 5.97 Å². The Bertz CT molecular complexity index is 566. The number of hydrogen-bond acceptors (Lipinski definition) is 3. The molecule has 0 aromatic heterocycles. The predicted molar refractivity (Wildman–Crippen MR) is 80.6 cm³/mol. The lowest BCUT2D eigenvalue weighted by Gasteiger charge is -2.21. The van der Waals surface area contributed by atoms with Gasteiger partial charge in [0.15, 0.2) is 0 Å². The fourth-order valence-corrected chi connectivity index (χ4v) is 2.20. The molecule has 1 atom stereocenters. The number of anilines is 1. The first kappa shape index (κ1) is 14.1. The molecule has 3 heteroatoms. The molecule has 0 saturated carbocycles. The van der Waals surface area contributed by atoms with E-state index in [0.29, 0.717) is 6.42 Å². The third-order valence-corrected chi connectivity index (χ3v) is 3.28. The van der Waals surface area contributed by atoms with Crippen molar-refractivity contribution in [2.75, 3.05) is 12.4 Å². The van der Waals surface area contributed by atoms with Crippen LogP contribution in [-0.4, -0.2) is 13.1 Å². The quantitative estimate of drug-likeness (QED) is 0.841. The van der Waals surface area contributed by atoms with E-state index in [2.05, 4.69) is 5.32 Å². The van der Waals surface area contributed by atoms with Gasteiger partial charge in [0.2, 0.25) is 0 Å². The van der Waals surface area contributed by atoms with Gasteiger partial charge in [-0.15, -0.1) is 0 Å². The monoisotopic (exact) mass is 269 g/mol. The van der Waals surface area contributed by atoms with Crippen molar-refractivity contribution in [3.05, 3.63) is 65.7 Å². The van der Waals surface area contributed by atoms with Crippen molar-refractivity contribution >= 4 is 11.7 Å². The van der Waals surface area contributed by atoms with E-state index in [4.69, 9.17) is 4.74 Å². The molecule has 1 N–H and O–H groups in total. The van der Waals surface area contributed by atoms with Gasteiger partial charge in [-0.05, 0) is 30.2 Å². The molecule has 0 saturated heterocycles. The zero-order valence-electron chi connectivity index (χ0n) is 11.8. The number of carbonyl (C=O) groups excluding carboxylic acids is 1. The number of esters is 1. The van der Waals surface area contributed by atoms with Crippen LogP contribution in [0.4, 0.5) is 5.69 Å². The Morgan fingerprint density at radius 3 is 2.40 bits per heavy atom. The molecule has 0 aliphatic heterocycles. The Balaban J connectivity index is 2.25. The lowest BCUT2D eigenvalue weighted by atomic mass is 9.98. The number of aryl methyl sites for hydroxylation is 1. The molecule has 3 nitrogen and oxygen atoms in total. The first-order valence-corrected chi connectivity index (χ1v) is 6.64. The van der Waals surface area contributed by atoms with Gasteiger partial charge in [0.05, 0.1) is 19.6 Å². The summed E-state index contributed by atoms with van der Waals surface area (Å²) in [6, 6.07) is 17.9. The molecule has 0 heterocycles. The molecular weight excluding hydrogens is 250 g/mol. The zero-order chi connectivity index (χ0) is 14.4. The molecule has 0 aliphatic carbocycles. The smallest absolute Gasteiger partial charge is 0.307 e. The number of carbonyl (C=O) groups is 1. The Morgan fingerprint density at radius 2 is 1.75 bits per heavy atom. The summed E-state index contributed by atoms with van der Waals surface area (Å²) >= 11 is 0. The second-order valence-corrected chi connectivity index (χ2v) is 4.70. The topological polar surface area (TPSA) is 38.3 Å². The van der Waals surface area contributed by atoms with Crippen LogP contribution in [0.15, 0.2) is 54.6 Å². The highest BCUT2D eigenvalue weighted by Crippen LogP contribution is 2.25. The van der Waals surface area contributed by atoms with Crippen LogP contribution in [0, 0.1) is 6.92 Å². The predicted octanol–water partition coefficient (Wildman–Crippen LogP) is 3.71. The van der Waals surface area contributed by atoms with Crippen molar-refractivity contribution in [2.45, 2.75) is 19.4 Å². The van der Waals surface area contributed by atoms with Crippen LogP contribution in [0.25, 0.3) is 0 Å². The maximum absolute atomic E-state index is 11.6. The third kappa shape index (κ3) is 3.60. The summed E-state index contributed by atoms with van der Waals surface area (Å²) in [7, 11) is 1.42. The van der Waals surface area contributed by atoms with Crippen molar-refractivity contribution in [1.82, 2.24) is 0 Å². The normalized spacial score (nSPS) is 11.7. The van der Waals surface area contributed by atoms with Gasteiger partial charge < -0.3 is 10.1 Å². The molecule has 20 heavy (non-hydrogen) atoms. The fraction of sp³-hybridized carbons (Fsp3) is 0.235. The lowest BCUT2D eigenvalue weighted by molar-refractivity contribution is -0.140. The minimum Gasteiger partial charge on any atom is -0.469 e. The van der Waals surface area contributed by atoms with Crippen LogP contribution >= 0.6 is 0 Å². The van der Waals surface area contributed by atoms with E-state index >= 15 is 0 Å². The van der Waals surface area contributed by atoms with Gasteiger partial charge in [-0.3, -0.25) is 4.79 Å². The second-order valence-electron chi connectivity index (χ2n) is 4.70. The van der Waals surface area contributed by atoms with Gasteiger partial charge in [-0.1, -0.05) is 42.5 Å². The molecule has 0 bridgehead atoms. The third-order valence-electron chi connectivity index (χ3n) is 3.28. The van der Waals surface area contributed by atoms with E-state index in [-0.39, 0.29) is 12.0 Å². The molecule has 0 amide bonds. The molecular formula is C17H19NO2. The molecule has 2 rings (SSSR count). The summed E-state index contributed by atoms with van der Waals surface area (Å²) in [4.78, 5) is 11.6. The summed E-state index contributed by atoms with van der Waals surface area (Å²) < 4.78 is 4.80. The van der Waals surface area contributed by atoms with Crippen molar-refractivity contribution in [2.24, 2.45) is 0 Å². The lowest BCUT2D eigenvalue weighted by Crippen LogP contribution is -2.17. The molecule has 0 unspecified atom stereocenters. The molecule has 2 aromatic rings. The average molecular weight is 269 g/mol. The van der Waals surface area contributed by atoms with E-state index in [1.54, 1.807) is 0 Å². The first-order valence-electron chi connectivity index (χ1n) is 6.64. The van der Waals surface area contributed by atoms with Crippen LogP contribution in [-0.2, 0) is 9.53 Å². The summed E-state index contributed by atoms with van der Waals surface area (Å²) in [6.07, 6.45) is 0.302. The maximum atomic E-state index is 11.6. The highest BCUT2D eigenvalue weighted by Gasteiger charge is 2.17. The molecule has 2 aromatic carbocycles. The van der Waals surface area contributed by atoms with Gasteiger partial charge in [0.25, 0.3) is 0 Å². The summed E-state index contributed by atoms with van der Waals surface area (Å²) in [6.45, 7) is 2.05. The standard InChI is InChI=1S/C17H19NO2/c1-13-8-6-7-11-15(13)16(12-17(19)20-2)18-14-9-4-3-5-10-14/h3-11,16,18H,12H2,1-2H3/t16-/m0/s1. The van der Waals surface area contributed by atoms with Gasteiger partial charge in [-0.2, -0.15) is 0 Å². The van der Waals surface area contributed by atoms with E-state index in [1.165, 1.54) is 7.11 Å². The van der Waals surface area contributed by atoms with Crippen LogP contribution in [0.2, 0.25) is 0 Å². The Labute approximate surface area is 119 Å². The number of rotatable bonds is 5. The SMILES string of the molecule is COC(=O)C[C@H](Nc1ccccc1)c1ccccc1C. The molecule has 0 radical (unpaired) electrons. The van der Waals surface area contributed by atoms with Gasteiger partial charge in [-0.25, -0.2) is 0 Å². The summed E-state index contributed by atoms with van der Waals surface area (Å²) in [5.41, 5.74) is 3.26. The van der Waals surface area contributed by atoms with Crippen LogP contribution in [0.1, 0.15) is 23.6 Å². The van der Waals surface area contributed by atoms with E-state index in [1.807, 2.05) is 61.5 Å². The van der Waals surface area contributed by atoms with Gasteiger partial charge in [0, 0.05) is 5.69 Å². The van der Waals surface area contributed by atoms with Crippen molar-refractivity contribution in [3.8, 4) is 0 Å². The average Bonchev–Trinajstić information content (AvgIpc) is 2.48.